The number of aliphatic hydroxyl groups is 2. The van der Waals surface area contributed by atoms with Crippen molar-refractivity contribution in [3.63, 3.8) is 0 Å². The lowest BCUT2D eigenvalue weighted by Crippen LogP contribution is -2.48. The number of benzene rings is 1. The summed E-state index contributed by atoms with van der Waals surface area (Å²) in [6.07, 6.45) is 2.80. The molecular formula is C19H23N3O4. The number of pyridine rings is 1. The molecule has 7 heteroatoms. The van der Waals surface area contributed by atoms with E-state index in [9.17, 15) is 15.0 Å². The van der Waals surface area contributed by atoms with Crippen LogP contribution >= 0.6 is 0 Å². The maximum absolute atomic E-state index is 12.2. The Morgan fingerprint density at radius 1 is 1.23 bits per heavy atom. The van der Waals surface area contributed by atoms with Crippen molar-refractivity contribution < 1.29 is 19.7 Å². The van der Waals surface area contributed by atoms with Crippen molar-refractivity contribution in [2.75, 3.05) is 25.1 Å². The highest BCUT2D eigenvalue weighted by atomic mass is 16.5. The molecule has 1 fully saturated rings. The maximum atomic E-state index is 12.2. The summed E-state index contributed by atoms with van der Waals surface area (Å²) in [5.41, 5.74) is 1.07. The van der Waals surface area contributed by atoms with Crippen LogP contribution in [0.25, 0.3) is 0 Å². The number of aliphatic hydroxyl groups excluding tert-OH is 1. The average molecular weight is 357 g/mol. The third-order valence-electron chi connectivity index (χ3n) is 4.47. The molecule has 0 spiro atoms. The smallest absolute Gasteiger partial charge is 0.255 e. The number of hydrogen-bond acceptors (Lipinski definition) is 6. The second kappa shape index (κ2) is 8.37. The third kappa shape index (κ3) is 4.64. The summed E-state index contributed by atoms with van der Waals surface area (Å²) >= 11 is 0. The summed E-state index contributed by atoms with van der Waals surface area (Å²) in [4.78, 5) is 16.1. The number of amides is 1. The van der Waals surface area contributed by atoms with Crippen molar-refractivity contribution >= 4 is 11.6 Å². The van der Waals surface area contributed by atoms with Crippen LogP contribution in [0.15, 0.2) is 48.8 Å². The molecule has 0 saturated carbocycles. The number of aromatic nitrogens is 1. The summed E-state index contributed by atoms with van der Waals surface area (Å²) in [6.45, 7) is 1.43. The monoisotopic (exact) mass is 357 g/mol. The first kappa shape index (κ1) is 18.5. The Balaban J connectivity index is 1.47. The van der Waals surface area contributed by atoms with Gasteiger partial charge in [0.15, 0.2) is 0 Å². The van der Waals surface area contributed by atoms with Gasteiger partial charge in [-0.3, -0.25) is 9.78 Å². The van der Waals surface area contributed by atoms with E-state index in [2.05, 4.69) is 15.6 Å². The van der Waals surface area contributed by atoms with E-state index < -0.39 is 11.7 Å². The molecule has 138 valence electrons. The van der Waals surface area contributed by atoms with Gasteiger partial charge in [-0.25, -0.2) is 0 Å². The number of nitrogens with one attached hydrogen (secondary N) is 2. The first-order valence-electron chi connectivity index (χ1n) is 8.56. The molecule has 0 radical (unpaired) electrons. The first-order valence-corrected chi connectivity index (χ1v) is 8.56. The number of rotatable bonds is 7. The highest BCUT2D eigenvalue weighted by molar-refractivity contribution is 6.04. The van der Waals surface area contributed by atoms with Crippen molar-refractivity contribution in [1.82, 2.24) is 10.3 Å². The van der Waals surface area contributed by atoms with Crippen molar-refractivity contribution in [2.24, 2.45) is 0 Å². The largest absolute Gasteiger partial charge is 0.389 e. The third-order valence-corrected chi connectivity index (χ3v) is 4.47. The van der Waals surface area contributed by atoms with E-state index in [1.807, 2.05) is 12.1 Å². The summed E-state index contributed by atoms with van der Waals surface area (Å²) in [6, 6.07) is 10.7. The van der Waals surface area contributed by atoms with Crippen molar-refractivity contribution in [3.8, 4) is 0 Å². The van der Waals surface area contributed by atoms with Crippen LogP contribution < -0.4 is 10.6 Å². The van der Waals surface area contributed by atoms with Gasteiger partial charge in [0.25, 0.3) is 5.91 Å². The fourth-order valence-electron chi connectivity index (χ4n) is 2.79. The second-order valence-electron chi connectivity index (χ2n) is 6.44. The minimum absolute atomic E-state index is 0.164. The quantitative estimate of drug-likeness (QED) is 0.588. The van der Waals surface area contributed by atoms with E-state index in [1.54, 1.807) is 36.7 Å². The molecule has 1 aromatic heterocycles. The SMILES string of the molecule is O=C(Nc1ccncc1)c1ccc(CNCC(O)C2(O)CCOC2)cc1. The zero-order valence-corrected chi connectivity index (χ0v) is 14.4. The summed E-state index contributed by atoms with van der Waals surface area (Å²) in [5.74, 6) is -0.186. The van der Waals surface area contributed by atoms with Crippen LogP contribution in [0.2, 0.25) is 0 Å². The lowest BCUT2D eigenvalue weighted by Gasteiger charge is -2.27. The Bertz CT molecular complexity index is 715. The predicted octanol–water partition coefficient (Wildman–Crippen LogP) is 0.936. The first-order chi connectivity index (χ1) is 12.6. The van der Waals surface area contributed by atoms with Crippen LogP contribution in [0, 0.1) is 0 Å². The zero-order chi connectivity index (χ0) is 18.4. The van der Waals surface area contributed by atoms with Crippen LogP contribution in [-0.4, -0.2) is 52.6 Å². The molecule has 2 unspecified atom stereocenters. The molecule has 2 heterocycles. The molecular weight excluding hydrogens is 334 g/mol. The molecule has 3 rings (SSSR count). The van der Waals surface area contributed by atoms with E-state index in [-0.39, 0.29) is 19.1 Å². The predicted molar refractivity (Wildman–Crippen MR) is 96.7 cm³/mol. The number of carbonyl (C=O) groups excluding carboxylic acids is 1. The Labute approximate surface area is 152 Å². The van der Waals surface area contributed by atoms with E-state index >= 15 is 0 Å². The van der Waals surface area contributed by atoms with Gasteiger partial charge in [0.1, 0.15) is 5.60 Å². The molecule has 1 saturated heterocycles. The lowest BCUT2D eigenvalue weighted by molar-refractivity contribution is -0.0748. The number of anilines is 1. The topological polar surface area (TPSA) is 104 Å². The number of ether oxygens (including phenoxy) is 1. The van der Waals surface area contributed by atoms with E-state index in [4.69, 9.17) is 4.74 Å². The molecule has 0 bridgehead atoms. The molecule has 1 amide bonds. The molecule has 26 heavy (non-hydrogen) atoms. The standard InChI is InChI=1S/C19H23N3O4/c23-17(19(25)7-10-26-13-19)12-21-11-14-1-3-15(4-2-14)18(24)22-16-5-8-20-9-6-16/h1-6,8-9,17,21,23,25H,7,10-13H2,(H,20,22,24). The van der Waals surface area contributed by atoms with Gasteiger partial charge >= 0.3 is 0 Å². The summed E-state index contributed by atoms with van der Waals surface area (Å²) < 4.78 is 5.14. The lowest BCUT2D eigenvalue weighted by atomic mass is 9.96. The van der Waals surface area contributed by atoms with Crippen LogP contribution in [0.4, 0.5) is 5.69 Å². The van der Waals surface area contributed by atoms with Gasteiger partial charge in [-0.2, -0.15) is 0 Å². The number of carbonyl (C=O) groups is 1. The Hall–Kier alpha value is -2.32. The molecule has 0 aliphatic carbocycles. The minimum atomic E-state index is -1.16. The summed E-state index contributed by atoms with van der Waals surface area (Å²) in [5, 5.41) is 26.2. The number of hydrogen-bond donors (Lipinski definition) is 4. The van der Waals surface area contributed by atoms with E-state index in [0.29, 0.717) is 30.8 Å². The molecule has 2 atom stereocenters. The molecule has 4 N–H and O–H groups in total. The number of nitrogens with zero attached hydrogens (tertiary/aromatic N) is 1. The fourth-order valence-corrected chi connectivity index (χ4v) is 2.79. The van der Waals surface area contributed by atoms with Gasteiger partial charge in [-0.15, -0.1) is 0 Å². The minimum Gasteiger partial charge on any atom is -0.389 e. The van der Waals surface area contributed by atoms with Gasteiger partial charge < -0.3 is 25.6 Å². The molecule has 1 aromatic carbocycles. The highest BCUT2D eigenvalue weighted by Gasteiger charge is 2.39. The maximum Gasteiger partial charge on any atom is 0.255 e. The van der Waals surface area contributed by atoms with Crippen LogP contribution in [0.3, 0.4) is 0 Å². The van der Waals surface area contributed by atoms with Crippen LogP contribution in [0.5, 0.6) is 0 Å². The Morgan fingerprint density at radius 2 is 1.96 bits per heavy atom. The fraction of sp³-hybridized carbons (Fsp3) is 0.368. The Kier molecular flexibility index (Phi) is 5.95. The van der Waals surface area contributed by atoms with Gasteiger partial charge in [-0.1, -0.05) is 12.1 Å². The van der Waals surface area contributed by atoms with E-state index in [1.165, 1.54) is 0 Å². The van der Waals surface area contributed by atoms with Gasteiger partial charge in [0, 0.05) is 49.8 Å². The molecule has 1 aliphatic rings. The van der Waals surface area contributed by atoms with Crippen molar-refractivity contribution in [3.05, 3.63) is 59.9 Å². The van der Waals surface area contributed by atoms with Crippen molar-refractivity contribution in [1.29, 1.82) is 0 Å². The molecule has 7 nitrogen and oxygen atoms in total. The Morgan fingerprint density at radius 3 is 2.62 bits per heavy atom. The van der Waals surface area contributed by atoms with Crippen LogP contribution in [0.1, 0.15) is 22.3 Å². The average Bonchev–Trinajstić information content (AvgIpc) is 3.11. The normalized spacial score (nSPS) is 20.7. The highest BCUT2D eigenvalue weighted by Crippen LogP contribution is 2.22. The van der Waals surface area contributed by atoms with Crippen LogP contribution in [-0.2, 0) is 11.3 Å². The van der Waals surface area contributed by atoms with Gasteiger partial charge in [-0.05, 0) is 29.8 Å². The van der Waals surface area contributed by atoms with Gasteiger partial charge in [0.2, 0.25) is 0 Å². The molecule has 2 aromatic rings. The van der Waals surface area contributed by atoms with Gasteiger partial charge in [0.05, 0.1) is 12.7 Å². The zero-order valence-electron chi connectivity index (χ0n) is 14.4. The van der Waals surface area contributed by atoms with E-state index in [0.717, 1.165) is 5.56 Å². The molecule has 1 aliphatic heterocycles. The second-order valence-corrected chi connectivity index (χ2v) is 6.44. The summed E-state index contributed by atoms with van der Waals surface area (Å²) in [7, 11) is 0. The van der Waals surface area contributed by atoms with Crippen molar-refractivity contribution in [2.45, 2.75) is 24.7 Å².